The molecule has 1 aromatic rings. The summed E-state index contributed by atoms with van der Waals surface area (Å²) in [4.78, 5) is 23.0. The van der Waals surface area contributed by atoms with Gasteiger partial charge in [-0.2, -0.15) is 0 Å². The van der Waals surface area contributed by atoms with Crippen molar-refractivity contribution in [3.63, 3.8) is 0 Å². The third-order valence-corrected chi connectivity index (χ3v) is 8.06. The molecule has 1 aromatic carbocycles. The Morgan fingerprint density at radius 1 is 0.889 bits per heavy atom. The first-order valence-electron chi connectivity index (χ1n) is 14.2. The minimum absolute atomic E-state index is 0.0749. The molecule has 6 nitrogen and oxygen atoms in total. The first kappa shape index (κ1) is 32.8. The van der Waals surface area contributed by atoms with Crippen LogP contribution in [0.2, 0.25) is 0 Å². The standard InChI is InChI=1S/C29H53N2O4P/c1-5-6-7-8-9-10-11-12-13-14-15-16-20-23-36(33,34)30-28(25-31(2,3)4)24-29(32)35-26-27-21-18-17-19-22-27/h17-19,21-22,28H,5-16,20,23-26H2,1-4H3,(H-,30,33,34)/p+1. The topological polar surface area (TPSA) is 75.6 Å². The van der Waals surface area contributed by atoms with Crippen LogP contribution in [0.5, 0.6) is 0 Å². The second kappa shape index (κ2) is 19.0. The van der Waals surface area contributed by atoms with Gasteiger partial charge < -0.3 is 14.1 Å². The quantitative estimate of drug-likeness (QED) is 0.0733. The highest BCUT2D eigenvalue weighted by molar-refractivity contribution is 7.55. The van der Waals surface area contributed by atoms with Crippen LogP contribution >= 0.6 is 7.52 Å². The summed E-state index contributed by atoms with van der Waals surface area (Å²) in [5.74, 6) is -0.356. The fourth-order valence-corrected chi connectivity index (χ4v) is 6.03. The fraction of sp³-hybridized carbons (Fsp3) is 0.759. The van der Waals surface area contributed by atoms with E-state index in [2.05, 4.69) is 12.0 Å². The molecule has 0 radical (unpaired) electrons. The first-order valence-corrected chi connectivity index (χ1v) is 16.1. The number of quaternary nitrogens is 1. The molecule has 208 valence electrons. The average Bonchev–Trinajstić information content (AvgIpc) is 2.80. The van der Waals surface area contributed by atoms with Gasteiger partial charge in [-0.05, 0) is 12.0 Å². The van der Waals surface area contributed by atoms with E-state index in [1.807, 2.05) is 51.5 Å². The van der Waals surface area contributed by atoms with Gasteiger partial charge in [0.05, 0.1) is 40.2 Å². The van der Waals surface area contributed by atoms with Gasteiger partial charge in [-0.1, -0.05) is 114 Å². The lowest BCUT2D eigenvalue weighted by molar-refractivity contribution is -0.871. The maximum absolute atomic E-state index is 12.9. The molecule has 0 saturated carbocycles. The number of hydrogen-bond donors (Lipinski definition) is 2. The molecule has 2 N–H and O–H groups in total. The van der Waals surface area contributed by atoms with Crippen LogP contribution in [0.15, 0.2) is 30.3 Å². The second-order valence-corrected chi connectivity index (χ2v) is 13.4. The van der Waals surface area contributed by atoms with Crippen molar-refractivity contribution in [2.24, 2.45) is 0 Å². The van der Waals surface area contributed by atoms with E-state index >= 15 is 0 Å². The number of nitrogens with zero attached hydrogens (tertiary/aromatic N) is 1. The molecule has 0 spiro atoms. The lowest BCUT2D eigenvalue weighted by Gasteiger charge is -2.30. The number of benzene rings is 1. The number of nitrogens with one attached hydrogen (secondary N) is 1. The van der Waals surface area contributed by atoms with Crippen molar-refractivity contribution in [1.82, 2.24) is 5.09 Å². The van der Waals surface area contributed by atoms with Crippen LogP contribution in [0.3, 0.4) is 0 Å². The van der Waals surface area contributed by atoms with Crippen molar-refractivity contribution in [3.8, 4) is 0 Å². The third-order valence-electron chi connectivity index (χ3n) is 6.37. The zero-order valence-electron chi connectivity index (χ0n) is 23.6. The number of likely N-dealkylation sites (N-methyl/N-ethyl adjacent to an activating group) is 1. The summed E-state index contributed by atoms with van der Waals surface area (Å²) in [5.41, 5.74) is 0.928. The molecule has 0 bridgehead atoms. The largest absolute Gasteiger partial charge is 0.461 e. The van der Waals surface area contributed by atoms with E-state index in [1.165, 1.54) is 64.2 Å². The van der Waals surface area contributed by atoms with Gasteiger partial charge >= 0.3 is 5.97 Å². The lowest BCUT2D eigenvalue weighted by Crippen LogP contribution is -2.47. The molecule has 0 aromatic heterocycles. The highest BCUT2D eigenvalue weighted by Gasteiger charge is 2.29. The van der Waals surface area contributed by atoms with Crippen molar-refractivity contribution in [3.05, 3.63) is 35.9 Å². The molecule has 1 rings (SSSR count). The van der Waals surface area contributed by atoms with Gasteiger partial charge in [-0.3, -0.25) is 9.36 Å². The van der Waals surface area contributed by atoms with Crippen LogP contribution < -0.4 is 5.09 Å². The zero-order valence-corrected chi connectivity index (χ0v) is 24.4. The summed E-state index contributed by atoms with van der Waals surface area (Å²) in [6.07, 6.45) is 16.4. The zero-order chi connectivity index (χ0) is 26.7. The van der Waals surface area contributed by atoms with Gasteiger partial charge in [0.25, 0.3) is 7.52 Å². The van der Waals surface area contributed by atoms with Crippen molar-refractivity contribution >= 4 is 13.5 Å². The Labute approximate surface area is 221 Å². The Kier molecular flexibility index (Phi) is 17.3. The van der Waals surface area contributed by atoms with Crippen molar-refractivity contribution in [2.75, 3.05) is 33.8 Å². The molecule has 0 saturated heterocycles. The molecule has 0 aliphatic heterocycles. The van der Waals surface area contributed by atoms with Crippen LogP contribution in [0.4, 0.5) is 0 Å². The lowest BCUT2D eigenvalue weighted by atomic mass is 10.1. The molecule has 36 heavy (non-hydrogen) atoms. The monoisotopic (exact) mass is 525 g/mol. The molecule has 0 aliphatic rings. The molecule has 7 heteroatoms. The molecule has 0 aliphatic carbocycles. The Balaban J connectivity index is 2.27. The van der Waals surface area contributed by atoms with Gasteiger partial charge in [0.1, 0.15) is 6.61 Å². The summed E-state index contributed by atoms with van der Waals surface area (Å²) in [6.45, 7) is 3.03. The molecule has 2 unspecified atom stereocenters. The number of unbranched alkanes of at least 4 members (excludes halogenated alkanes) is 12. The maximum Gasteiger partial charge on any atom is 0.307 e. The Morgan fingerprint density at radius 3 is 1.89 bits per heavy atom. The van der Waals surface area contributed by atoms with E-state index in [0.717, 1.165) is 24.8 Å². The third kappa shape index (κ3) is 19.0. The summed E-state index contributed by atoms with van der Waals surface area (Å²) >= 11 is 0. The number of carbonyl (C=O) groups excluding carboxylic acids is 1. The first-order chi connectivity index (χ1) is 17.1. The minimum Gasteiger partial charge on any atom is -0.461 e. The Morgan fingerprint density at radius 2 is 1.39 bits per heavy atom. The fourth-order valence-electron chi connectivity index (χ4n) is 4.50. The SMILES string of the molecule is CCCCCCCCCCCCCCCP(=O)(O)NC(CC(=O)OCc1ccccc1)C[N+](C)(C)C. The van der Waals surface area contributed by atoms with Gasteiger partial charge in [-0.25, -0.2) is 5.09 Å². The molecule has 0 amide bonds. The van der Waals surface area contributed by atoms with E-state index in [1.54, 1.807) is 0 Å². The Hall–Kier alpha value is -1.20. The Bertz CT molecular complexity index is 737. The van der Waals surface area contributed by atoms with Crippen molar-refractivity contribution in [2.45, 2.75) is 109 Å². The highest BCUT2D eigenvalue weighted by atomic mass is 31.2. The summed E-state index contributed by atoms with van der Waals surface area (Å²) in [5, 5.41) is 2.92. The van der Waals surface area contributed by atoms with E-state index in [-0.39, 0.29) is 25.2 Å². The van der Waals surface area contributed by atoms with Crippen LogP contribution in [0.25, 0.3) is 0 Å². The van der Waals surface area contributed by atoms with Crippen LogP contribution in [-0.2, 0) is 20.7 Å². The van der Waals surface area contributed by atoms with E-state index in [0.29, 0.717) is 11.0 Å². The molecule has 0 fully saturated rings. The number of ether oxygens (including phenoxy) is 1. The molecule has 0 heterocycles. The average molecular weight is 526 g/mol. The maximum atomic E-state index is 12.9. The van der Waals surface area contributed by atoms with E-state index < -0.39 is 13.6 Å². The highest BCUT2D eigenvalue weighted by Crippen LogP contribution is 2.38. The second-order valence-electron chi connectivity index (χ2n) is 11.3. The number of hydrogen-bond acceptors (Lipinski definition) is 3. The predicted molar refractivity (Wildman–Crippen MR) is 151 cm³/mol. The molecule has 2 atom stereocenters. The summed E-state index contributed by atoms with van der Waals surface area (Å²) in [7, 11) is 2.52. The van der Waals surface area contributed by atoms with Gasteiger partial charge in [0.2, 0.25) is 0 Å². The van der Waals surface area contributed by atoms with E-state index in [4.69, 9.17) is 4.74 Å². The van der Waals surface area contributed by atoms with Crippen LogP contribution in [0, 0.1) is 0 Å². The minimum atomic E-state index is -3.52. The number of carbonyl (C=O) groups is 1. The molecular formula is C29H54N2O4P+. The normalized spacial score (nSPS) is 14.4. The van der Waals surface area contributed by atoms with Crippen molar-refractivity contribution in [1.29, 1.82) is 0 Å². The van der Waals surface area contributed by atoms with Gasteiger partial charge in [0, 0.05) is 6.16 Å². The number of rotatable bonds is 22. The van der Waals surface area contributed by atoms with E-state index in [9.17, 15) is 14.3 Å². The number of esters is 1. The predicted octanol–water partition coefficient (Wildman–Crippen LogP) is 7.06. The molecular weight excluding hydrogens is 471 g/mol. The van der Waals surface area contributed by atoms with Crippen molar-refractivity contribution < 1.29 is 23.5 Å². The smallest absolute Gasteiger partial charge is 0.307 e. The van der Waals surface area contributed by atoms with Gasteiger partial charge in [0.15, 0.2) is 0 Å². The van der Waals surface area contributed by atoms with Crippen LogP contribution in [0.1, 0.15) is 102 Å². The summed E-state index contributed by atoms with van der Waals surface area (Å²) < 4.78 is 18.9. The van der Waals surface area contributed by atoms with Crippen LogP contribution in [-0.4, -0.2) is 55.2 Å². The summed E-state index contributed by atoms with van der Waals surface area (Å²) in [6, 6.07) is 9.14. The van der Waals surface area contributed by atoms with Gasteiger partial charge in [-0.15, -0.1) is 0 Å².